The fraction of sp³-hybridized carbons (Fsp3) is 0.375. The van der Waals surface area contributed by atoms with Crippen LogP contribution in [-0.2, 0) is 28.9 Å². The minimum absolute atomic E-state index is 0.0641. The maximum absolute atomic E-state index is 11.8. The molecule has 0 saturated carbocycles. The average molecular weight is 287 g/mol. The van der Waals surface area contributed by atoms with Crippen molar-refractivity contribution < 1.29 is 19.1 Å². The molecule has 3 rings (SSSR count). The minimum Gasteiger partial charge on any atom is -0.481 e. The van der Waals surface area contributed by atoms with Crippen molar-refractivity contribution in [3.63, 3.8) is 0 Å². The fourth-order valence-corrected chi connectivity index (χ4v) is 2.83. The summed E-state index contributed by atoms with van der Waals surface area (Å²) in [6, 6.07) is 4.20. The lowest BCUT2D eigenvalue weighted by atomic mass is 10.0. The molecule has 0 atom stereocenters. The zero-order valence-corrected chi connectivity index (χ0v) is 11.6. The SMILES string of the molecule is O=C(O)CCNC(=O)Cc1coc2cc3c(cc12)CCC3. The summed E-state index contributed by atoms with van der Waals surface area (Å²) in [6.07, 6.45) is 5.12. The summed E-state index contributed by atoms with van der Waals surface area (Å²) in [6.45, 7) is 0.152. The van der Waals surface area contributed by atoms with Gasteiger partial charge in [0.05, 0.1) is 19.1 Å². The molecule has 1 amide bonds. The van der Waals surface area contributed by atoms with E-state index in [-0.39, 0.29) is 25.3 Å². The number of hydrogen-bond acceptors (Lipinski definition) is 3. The van der Waals surface area contributed by atoms with Gasteiger partial charge in [0.1, 0.15) is 5.58 Å². The standard InChI is InChI=1S/C16H17NO4/c18-15(17-5-4-16(19)20)8-12-9-21-14-7-11-3-1-2-10(11)6-13(12)14/h6-7,9H,1-5,8H2,(H,17,18)(H,19,20). The molecular weight excluding hydrogens is 270 g/mol. The van der Waals surface area contributed by atoms with Gasteiger partial charge in [-0.25, -0.2) is 0 Å². The predicted octanol–water partition coefficient (Wildman–Crippen LogP) is 2.05. The number of amides is 1. The summed E-state index contributed by atoms with van der Waals surface area (Å²) >= 11 is 0. The van der Waals surface area contributed by atoms with Gasteiger partial charge in [-0.3, -0.25) is 9.59 Å². The molecule has 1 aromatic carbocycles. The lowest BCUT2D eigenvalue weighted by Crippen LogP contribution is -2.27. The maximum atomic E-state index is 11.8. The molecule has 5 heteroatoms. The Morgan fingerprint density at radius 1 is 1.24 bits per heavy atom. The van der Waals surface area contributed by atoms with Crippen molar-refractivity contribution in [3.8, 4) is 0 Å². The Morgan fingerprint density at radius 3 is 2.76 bits per heavy atom. The summed E-state index contributed by atoms with van der Waals surface area (Å²) in [5, 5.41) is 12.1. The van der Waals surface area contributed by atoms with Crippen molar-refractivity contribution >= 4 is 22.8 Å². The molecule has 0 fully saturated rings. The molecule has 0 spiro atoms. The van der Waals surface area contributed by atoms with Crippen LogP contribution in [0.4, 0.5) is 0 Å². The molecule has 2 N–H and O–H groups in total. The number of aryl methyl sites for hydroxylation is 2. The van der Waals surface area contributed by atoms with E-state index in [9.17, 15) is 9.59 Å². The second-order valence-electron chi connectivity index (χ2n) is 5.40. The third-order valence-corrected chi connectivity index (χ3v) is 3.88. The van der Waals surface area contributed by atoms with Crippen LogP contribution >= 0.6 is 0 Å². The van der Waals surface area contributed by atoms with E-state index in [1.165, 1.54) is 17.5 Å². The van der Waals surface area contributed by atoms with Gasteiger partial charge in [-0.15, -0.1) is 0 Å². The highest BCUT2D eigenvalue weighted by Gasteiger charge is 2.16. The molecule has 1 aliphatic carbocycles. The predicted molar refractivity (Wildman–Crippen MR) is 77.2 cm³/mol. The molecule has 110 valence electrons. The highest BCUT2D eigenvalue weighted by molar-refractivity contribution is 5.88. The third kappa shape index (κ3) is 2.91. The second kappa shape index (κ2) is 5.60. The molecule has 0 aliphatic heterocycles. The number of furan rings is 1. The van der Waals surface area contributed by atoms with Crippen LogP contribution in [0, 0.1) is 0 Å². The van der Waals surface area contributed by atoms with Crippen LogP contribution in [0.15, 0.2) is 22.8 Å². The van der Waals surface area contributed by atoms with Gasteiger partial charge in [0.2, 0.25) is 5.91 Å². The van der Waals surface area contributed by atoms with Crippen molar-refractivity contribution in [1.82, 2.24) is 5.32 Å². The zero-order valence-electron chi connectivity index (χ0n) is 11.6. The topological polar surface area (TPSA) is 79.5 Å². The molecule has 1 heterocycles. The van der Waals surface area contributed by atoms with Crippen LogP contribution in [-0.4, -0.2) is 23.5 Å². The van der Waals surface area contributed by atoms with Crippen molar-refractivity contribution in [2.45, 2.75) is 32.1 Å². The number of carbonyl (C=O) groups is 2. The molecule has 21 heavy (non-hydrogen) atoms. The number of carboxylic acid groups (broad SMARTS) is 1. The van der Waals surface area contributed by atoms with Crippen molar-refractivity contribution in [3.05, 3.63) is 35.1 Å². The van der Waals surface area contributed by atoms with E-state index in [0.29, 0.717) is 0 Å². The normalized spacial score (nSPS) is 13.3. The highest BCUT2D eigenvalue weighted by atomic mass is 16.4. The molecule has 5 nitrogen and oxygen atoms in total. The van der Waals surface area contributed by atoms with Crippen LogP contribution in [0.5, 0.6) is 0 Å². The maximum Gasteiger partial charge on any atom is 0.305 e. The Labute approximate surface area is 121 Å². The summed E-state index contributed by atoms with van der Waals surface area (Å²) in [5.41, 5.74) is 4.36. The summed E-state index contributed by atoms with van der Waals surface area (Å²) in [5.74, 6) is -1.10. The van der Waals surface area contributed by atoms with E-state index in [1.807, 2.05) is 0 Å². The van der Waals surface area contributed by atoms with E-state index in [1.54, 1.807) is 6.26 Å². The van der Waals surface area contributed by atoms with E-state index in [0.717, 1.165) is 29.4 Å². The number of hydrogen-bond donors (Lipinski definition) is 2. The molecule has 0 radical (unpaired) electrons. The first-order chi connectivity index (χ1) is 10.1. The fourth-order valence-electron chi connectivity index (χ4n) is 2.83. The van der Waals surface area contributed by atoms with E-state index in [2.05, 4.69) is 17.4 Å². The average Bonchev–Trinajstić information content (AvgIpc) is 3.03. The van der Waals surface area contributed by atoms with Crippen molar-refractivity contribution in [2.24, 2.45) is 0 Å². The minimum atomic E-state index is -0.917. The van der Waals surface area contributed by atoms with Crippen LogP contribution in [0.3, 0.4) is 0 Å². The quantitative estimate of drug-likeness (QED) is 0.882. The Kier molecular flexibility index (Phi) is 3.64. The van der Waals surface area contributed by atoms with Gasteiger partial charge in [0, 0.05) is 17.5 Å². The Balaban J connectivity index is 1.72. The molecule has 0 unspecified atom stereocenters. The number of aliphatic carboxylic acids is 1. The van der Waals surface area contributed by atoms with Gasteiger partial charge in [0.25, 0.3) is 0 Å². The largest absolute Gasteiger partial charge is 0.481 e. The van der Waals surface area contributed by atoms with Crippen LogP contribution < -0.4 is 5.32 Å². The number of fused-ring (bicyclic) bond motifs is 2. The Morgan fingerprint density at radius 2 is 2.00 bits per heavy atom. The smallest absolute Gasteiger partial charge is 0.305 e. The first-order valence-electron chi connectivity index (χ1n) is 7.14. The number of carbonyl (C=O) groups excluding carboxylic acids is 1. The lowest BCUT2D eigenvalue weighted by molar-refractivity contribution is -0.136. The number of benzene rings is 1. The van der Waals surface area contributed by atoms with Crippen LogP contribution in [0.2, 0.25) is 0 Å². The molecule has 1 aromatic heterocycles. The van der Waals surface area contributed by atoms with Gasteiger partial charge in [-0.2, -0.15) is 0 Å². The number of rotatable bonds is 5. The Hall–Kier alpha value is -2.30. The second-order valence-corrected chi connectivity index (χ2v) is 5.40. The van der Waals surface area contributed by atoms with E-state index >= 15 is 0 Å². The summed E-state index contributed by atoms with van der Waals surface area (Å²) in [7, 11) is 0. The van der Waals surface area contributed by atoms with Crippen LogP contribution in [0.25, 0.3) is 11.0 Å². The van der Waals surface area contributed by atoms with Crippen LogP contribution in [0.1, 0.15) is 29.5 Å². The molecular formula is C16H17NO4. The Bertz CT molecular complexity index is 702. The monoisotopic (exact) mass is 287 g/mol. The third-order valence-electron chi connectivity index (χ3n) is 3.88. The molecule has 0 bridgehead atoms. The number of carboxylic acids is 1. The van der Waals surface area contributed by atoms with Gasteiger partial charge >= 0.3 is 5.97 Å². The molecule has 0 saturated heterocycles. The first-order valence-corrected chi connectivity index (χ1v) is 7.14. The molecule has 1 aliphatic rings. The highest BCUT2D eigenvalue weighted by Crippen LogP contribution is 2.30. The van der Waals surface area contributed by atoms with E-state index in [4.69, 9.17) is 9.52 Å². The van der Waals surface area contributed by atoms with Gasteiger partial charge < -0.3 is 14.8 Å². The van der Waals surface area contributed by atoms with Gasteiger partial charge in [0.15, 0.2) is 0 Å². The lowest BCUT2D eigenvalue weighted by Gasteiger charge is -2.03. The van der Waals surface area contributed by atoms with Crippen molar-refractivity contribution in [1.29, 1.82) is 0 Å². The van der Waals surface area contributed by atoms with Gasteiger partial charge in [-0.05, 0) is 42.5 Å². The van der Waals surface area contributed by atoms with Crippen molar-refractivity contribution in [2.75, 3.05) is 6.54 Å². The summed E-state index contributed by atoms with van der Waals surface area (Å²) in [4.78, 5) is 22.2. The van der Waals surface area contributed by atoms with E-state index < -0.39 is 5.97 Å². The van der Waals surface area contributed by atoms with Gasteiger partial charge in [-0.1, -0.05) is 0 Å². The first kappa shape index (κ1) is 13.7. The summed E-state index contributed by atoms with van der Waals surface area (Å²) < 4.78 is 5.54. The number of nitrogens with one attached hydrogen (secondary N) is 1. The zero-order chi connectivity index (χ0) is 14.8. The molecule has 2 aromatic rings.